The van der Waals surface area contributed by atoms with E-state index in [0.29, 0.717) is 68.8 Å². The maximum absolute atomic E-state index is 14.9. The van der Waals surface area contributed by atoms with Gasteiger partial charge in [0.15, 0.2) is 5.96 Å². The summed E-state index contributed by atoms with van der Waals surface area (Å²) in [4.78, 5) is 169. The van der Waals surface area contributed by atoms with Crippen LogP contribution in [0.25, 0.3) is 10.9 Å². The molecule has 0 unspecified atom stereocenters. The highest BCUT2D eigenvalue weighted by molar-refractivity contribution is 5.99. The molecule has 20 N–H and O–H groups in total. The van der Waals surface area contributed by atoms with Crippen molar-refractivity contribution >= 4 is 81.9 Å². The highest BCUT2D eigenvalue weighted by atomic mass is 16.4. The molecule has 1 saturated heterocycles. The van der Waals surface area contributed by atoms with Gasteiger partial charge in [0.1, 0.15) is 42.3 Å². The van der Waals surface area contributed by atoms with Crippen molar-refractivity contribution < 1.29 is 57.8 Å². The Morgan fingerprint density at radius 1 is 0.758 bits per heavy atom. The van der Waals surface area contributed by atoms with Gasteiger partial charge in [0, 0.05) is 107 Å². The number of carbonyl (C=O) groups excluding carboxylic acids is 10. The highest BCUT2D eigenvalue weighted by Gasteiger charge is 2.36. The van der Waals surface area contributed by atoms with E-state index < -0.39 is 108 Å². The summed E-state index contributed by atoms with van der Waals surface area (Å²) in [6.07, 6.45) is 7.96. The maximum atomic E-state index is 14.9. The van der Waals surface area contributed by atoms with E-state index in [1.54, 1.807) is 36.5 Å². The zero-order chi connectivity index (χ0) is 68.7. The predicted molar refractivity (Wildman–Crippen MR) is 350 cm³/mol. The third-order valence-corrected chi connectivity index (χ3v) is 15.8. The van der Waals surface area contributed by atoms with E-state index >= 15 is 0 Å². The van der Waals surface area contributed by atoms with Gasteiger partial charge in [0.2, 0.25) is 59.1 Å². The topological polar surface area (TPSA) is 498 Å². The maximum Gasteiger partial charge on any atom is 0.338 e. The molecule has 0 radical (unpaired) electrons. The molecule has 2 aromatic carbocycles. The molecule has 1 aliphatic heterocycles. The van der Waals surface area contributed by atoms with Crippen LogP contribution in [-0.4, -0.2) is 194 Å². The smallest absolute Gasteiger partial charge is 0.338 e. The van der Waals surface area contributed by atoms with Gasteiger partial charge in [0.05, 0.1) is 31.1 Å². The summed E-state index contributed by atoms with van der Waals surface area (Å²) in [5, 5.41) is 38.5. The normalized spacial score (nSPS) is 19.2. The number of aromatic carboxylic acids is 1. The van der Waals surface area contributed by atoms with Crippen molar-refractivity contribution in [1.82, 2.24) is 77.5 Å². The summed E-state index contributed by atoms with van der Waals surface area (Å²) in [6, 6.07) is 6.01. The van der Waals surface area contributed by atoms with Crippen LogP contribution in [0.1, 0.15) is 111 Å². The number of carbonyl (C=O) groups is 11. The van der Waals surface area contributed by atoms with Gasteiger partial charge in [-0.25, -0.2) is 9.78 Å². The van der Waals surface area contributed by atoms with E-state index in [-0.39, 0.29) is 108 Å². The molecule has 1 fully saturated rings. The number of guanidine groups is 1. The van der Waals surface area contributed by atoms with Crippen LogP contribution in [0.5, 0.6) is 0 Å². The lowest BCUT2D eigenvalue weighted by Gasteiger charge is -2.28. The molecular formula is C63H90N20O12. The molecule has 514 valence electrons. The molecule has 32 heteroatoms. The molecule has 0 saturated carbocycles. The molecule has 32 nitrogen and oxygen atoms in total. The number of nitrogens with zero attached hydrogens (tertiary/aromatic N) is 5. The summed E-state index contributed by atoms with van der Waals surface area (Å²) in [6.45, 7) is 4.10. The molecule has 4 heterocycles. The van der Waals surface area contributed by atoms with Crippen molar-refractivity contribution in [2.24, 2.45) is 27.9 Å². The lowest BCUT2D eigenvalue weighted by atomic mass is 10.0. The number of nitrogens with two attached hydrogens (primary N) is 4. The van der Waals surface area contributed by atoms with E-state index in [9.17, 15) is 57.8 Å². The van der Waals surface area contributed by atoms with Crippen LogP contribution in [0.4, 0.5) is 0 Å². The first kappa shape index (κ1) is 73.8. The molecule has 0 aliphatic carbocycles. The minimum atomic E-state index is -1.69. The number of benzene rings is 2. The number of carboxylic acid groups (broad SMARTS) is 1. The number of aromatic nitrogens is 5. The van der Waals surface area contributed by atoms with Gasteiger partial charge in [-0.05, 0) is 68.7 Å². The number of amides is 10. The first-order valence-electron chi connectivity index (χ1n) is 31.9. The molecule has 3 aromatic heterocycles. The number of hydrogen-bond acceptors (Lipinski definition) is 16. The Labute approximate surface area is 549 Å². The third-order valence-electron chi connectivity index (χ3n) is 15.8. The average Bonchev–Trinajstić information content (AvgIpc) is 1.79. The zero-order valence-corrected chi connectivity index (χ0v) is 53.4. The summed E-state index contributed by atoms with van der Waals surface area (Å²) in [7, 11) is 0. The van der Waals surface area contributed by atoms with Gasteiger partial charge in [-0.3, -0.25) is 57.6 Å². The number of nitrogens with one attached hydrogen (secondary N) is 11. The summed E-state index contributed by atoms with van der Waals surface area (Å²) in [5.41, 5.74) is 25.3. The SMILES string of the molecule is CCCC[C@H](NC(=O)CCNC(=O)CCCN(CCN)CCn1cc(C(=O)O)cn1)C(=O)N[C@H]1CC(=O)NCCCC[C@@H](C(N)=O)NC(=O)[C@H](Cc2c[nH]c3ccccc23)NC(=O)[C@H](CCCN=C(N)N)NC(=O)[C@@H](Cc2ccccc2)NC(=O)[C@H](Cc2cnc[nH]2)NC1=O. The zero-order valence-electron chi connectivity index (χ0n) is 53.4. The van der Waals surface area contributed by atoms with Crippen molar-refractivity contribution in [3.8, 4) is 0 Å². The summed E-state index contributed by atoms with van der Waals surface area (Å²) >= 11 is 0. The predicted octanol–water partition coefficient (Wildman–Crippen LogP) is -2.13. The molecule has 0 bridgehead atoms. The molecule has 7 atom stereocenters. The standard InChI is InChI=1S/C63H90N20O12/c1-2-3-16-46(75-53(85)21-25-70-52(84)20-12-26-82(27-22-64)28-29-83-37-41(35-74-83)62(94)95)56(88)81-51-33-54(86)69-23-10-9-18-45(55(65)87)76-59(91)49(31-40-34-72-44-17-8-7-15-43(40)44)79-57(89)47(19-11-24-71-63(66)67)77-58(90)48(30-39-13-5-4-6-14-39)78-60(92)50(80-61(51)93)32-42-36-68-38-73-42/h4-8,13-15,17,34-38,45-51,72H,2-3,9-12,16,18-33,64H2,1H3,(H2,65,87)(H,68,73)(H,69,86)(H,70,84)(H,75,85)(H,76,91)(H,77,90)(H,78,92)(H,79,89)(H,80,93)(H,81,88)(H,94,95)(H4,66,67,71)/t45-,46-,47-,48+,49-,50-,51-/m0/s1. The van der Waals surface area contributed by atoms with Crippen molar-refractivity contribution in [2.45, 2.75) is 152 Å². The second-order valence-corrected chi connectivity index (χ2v) is 23.2. The van der Waals surface area contributed by atoms with Gasteiger partial charge in [0.25, 0.3) is 0 Å². The lowest BCUT2D eigenvalue weighted by molar-refractivity contribution is -0.136. The Bertz CT molecular complexity index is 3390. The molecule has 95 heavy (non-hydrogen) atoms. The Morgan fingerprint density at radius 3 is 2.15 bits per heavy atom. The molecule has 0 spiro atoms. The van der Waals surface area contributed by atoms with E-state index in [4.69, 9.17) is 22.9 Å². The number of H-pyrrole nitrogens is 2. The van der Waals surface area contributed by atoms with Crippen LogP contribution < -0.4 is 70.8 Å². The quantitative estimate of drug-likeness (QED) is 0.0133. The number of imidazole rings is 1. The van der Waals surface area contributed by atoms with Gasteiger partial charge in [-0.1, -0.05) is 68.3 Å². The average molecular weight is 1320 g/mol. The molecule has 5 aromatic rings. The number of hydrogen-bond donors (Lipinski definition) is 16. The van der Waals surface area contributed by atoms with Crippen LogP contribution in [0, 0.1) is 0 Å². The Morgan fingerprint density at radius 2 is 1.45 bits per heavy atom. The fourth-order valence-electron chi connectivity index (χ4n) is 10.6. The number of primary amides is 1. The number of fused-ring (bicyclic) bond motifs is 1. The number of carboxylic acids is 1. The fraction of sp³-hybridized carbons (Fsp3) is 0.492. The lowest BCUT2D eigenvalue weighted by Crippen LogP contribution is -2.61. The van der Waals surface area contributed by atoms with E-state index in [1.807, 2.05) is 36.1 Å². The summed E-state index contributed by atoms with van der Waals surface area (Å²) in [5.74, 6) is -9.03. The van der Waals surface area contributed by atoms with Crippen LogP contribution in [0.3, 0.4) is 0 Å². The van der Waals surface area contributed by atoms with Crippen molar-refractivity contribution in [3.05, 3.63) is 108 Å². The van der Waals surface area contributed by atoms with E-state index in [2.05, 4.69) is 72.9 Å². The number of aromatic amines is 2. The Balaban J connectivity index is 1.23. The minimum Gasteiger partial charge on any atom is -0.478 e. The van der Waals surface area contributed by atoms with Crippen LogP contribution >= 0.6 is 0 Å². The van der Waals surface area contributed by atoms with Crippen LogP contribution in [0.15, 0.2) is 90.7 Å². The molecule has 10 amide bonds. The van der Waals surface area contributed by atoms with E-state index in [0.717, 1.165) is 10.9 Å². The van der Waals surface area contributed by atoms with E-state index in [1.165, 1.54) is 29.6 Å². The first-order chi connectivity index (χ1) is 45.7. The number of aliphatic imine (C=N–C) groups is 1. The van der Waals surface area contributed by atoms with Crippen molar-refractivity contribution in [2.75, 3.05) is 45.8 Å². The highest BCUT2D eigenvalue weighted by Crippen LogP contribution is 2.20. The number of rotatable bonds is 30. The molecule has 6 rings (SSSR count). The van der Waals surface area contributed by atoms with Gasteiger partial charge in [-0.15, -0.1) is 0 Å². The van der Waals surface area contributed by atoms with Crippen molar-refractivity contribution in [3.63, 3.8) is 0 Å². The number of para-hydroxylation sites is 1. The molecule has 1 aliphatic rings. The van der Waals surface area contributed by atoms with Gasteiger partial charge in [-0.2, -0.15) is 5.10 Å². The Hall–Kier alpha value is -10.2. The fourth-order valence-corrected chi connectivity index (χ4v) is 10.6. The largest absolute Gasteiger partial charge is 0.478 e. The Kier molecular flexibility index (Phi) is 30.1. The van der Waals surface area contributed by atoms with Crippen molar-refractivity contribution in [1.29, 1.82) is 0 Å². The second-order valence-electron chi connectivity index (χ2n) is 23.2. The number of unbranched alkanes of at least 4 members (excludes halogenated alkanes) is 1. The third kappa shape index (κ3) is 25.3. The van der Waals surface area contributed by atoms with Crippen LogP contribution in [-0.2, 0) is 73.8 Å². The summed E-state index contributed by atoms with van der Waals surface area (Å²) < 4.78 is 1.52. The van der Waals surface area contributed by atoms with Gasteiger partial charge < -0.3 is 90.8 Å². The second kappa shape index (κ2) is 38.7. The minimum absolute atomic E-state index is 0.00164. The van der Waals surface area contributed by atoms with Gasteiger partial charge >= 0.3 is 5.97 Å². The monoisotopic (exact) mass is 1320 g/mol. The van der Waals surface area contributed by atoms with Crippen LogP contribution in [0.2, 0.25) is 0 Å². The molecular weight excluding hydrogens is 1230 g/mol. The first-order valence-corrected chi connectivity index (χ1v) is 31.9.